The minimum absolute atomic E-state index is 0.270. The van der Waals surface area contributed by atoms with E-state index in [4.69, 9.17) is 10.8 Å². The van der Waals surface area contributed by atoms with E-state index in [1.54, 1.807) is 0 Å². The van der Waals surface area contributed by atoms with Crippen molar-refractivity contribution < 1.29 is 27.8 Å². The lowest BCUT2D eigenvalue weighted by molar-refractivity contribution is -0.215. The Hall–Kier alpha value is -0.820. The second kappa shape index (κ2) is 5.16. The topological polar surface area (TPSA) is 72.5 Å². The van der Waals surface area contributed by atoms with E-state index in [1.807, 2.05) is 0 Å². The lowest BCUT2D eigenvalue weighted by Crippen LogP contribution is -2.35. The fourth-order valence-electron chi connectivity index (χ4n) is 0.870. The number of aliphatic carboxylic acids is 1. The summed E-state index contributed by atoms with van der Waals surface area (Å²) in [6, 6.07) is -1.28. The van der Waals surface area contributed by atoms with Gasteiger partial charge in [-0.1, -0.05) is 0 Å². The van der Waals surface area contributed by atoms with E-state index in [2.05, 4.69) is 4.74 Å². The highest BCUT2D eigenvalue weighted by molar-refractivity contribution is 5.72. The summed E-state index contributed by atoms with van der Waals surface area (Å²) in [7, 11) is 0.921. The minimum Gasteiger partial charge on any atom is -0.480 e. The smallest absolute Gasteiger partial charge is 0.414 e. The summed E-state index contributed by atoms with van der Waals surface area (Å²) in [5, 5.41) is 8.32. The maximum Gasteiger partial charge on any atom is 0.414 e. The predicted molar refractivity (Wildman–Crippen MR) is 41.7 cm³/mol. The molecule has 0 saturated heterocycles. The summed E-state index contributed by atoms with van der Waals surface area (Å²) in [6.45, 7) is 0. The quantitative estimate of drug-likeness (QED) is 0.710. The third-order valence-electron chi connectivity index (χ3n) is 1.71. The first-order chi connectivity index (χ1) is 6.29. The SMILES string of the molecule is CO[C@H](CC[C@@H](N)C(=O)O)C(F)(F)F. The molecule has 0 amide bonds. The Bertz CT molecular complexity index is 195. The number of ether oxygens (including phenoxy) is 1. The van der Waals surface area contributed by atoms with Gasteiger partial charge in [-0.3, -0.25) is 4.79 Å². The van der Waals surface area contributed by atoms with Crippen molar-refractivity contribution in [3.63, 3.8) is 0 Å². The van der Waals surface area contributed by atoms with Gasteiger partial charge in [0.2, 0.25) is 0 Å². The number of carboxylic acids is 1. The molecule has 0 fully saturated rings. The first kappa shape index (κ1) is 13.2. The van der Waals surface area contributed by atoms with Crippen LogP contribution in [-0.4, -0.2) is 36.5 Å². The highest BCUT2D eigenvalue weighted by Gasteiger charge is 2.39. The van der Waals surface area contributed by atoms with E-state index in [-0.39, 0.29) is 6.42 Å². The number of carbonyl (C=O) groups is 1. The Kier molecular flexibility index (Phi) is 4.86. The van der Waals surface area contributed by atoms with Gasteiger partial charge in [0.25, 0.3) is 0 Å². The standard InChI is InChI=1S/C7H12F3NO3/c1-14-5(7(8,9)10)3-2-4(11)6(12)13/h4-5H,2-3,11H2,1H3,(H,12,13)/t4-,5-/m1/s1. The molecule has 3 N–H and O–H groups in total. The molecular weight excluding hydrogens is 203 g/mol. The predicted octanol–water partition coefficient (Wildman–Crippen LogP) is 0.756. The molecule has 4 nitrogen and oxygen atoms in total. The average Bonchev–Trinajstić information content (AvgIpc) is 2.02. The number of halogens is 3. The first-order valence-electron chi connectivity index (χ1n) is 3.87. The summed E-state index contributed by atoms with van der Waals surface area (Å²) in [5.74, 6) is -1.32. The number of alkyl halides is 3. The third kappa shape index (κ3) is 4.43. The molecule has 0 saturated carbocycles. The first-order valence-corrected chi connectivity index (χ1v) is 3.87. The van der Waals surface area contributed by atoms with E-state index in [0.717, 1.165) is 7.11 Å². The molecule has 14 heavy (non-hydrogen) atoms. The lowest BCUT2D eigenvalue weighted by atomic mass is 10.1. The van der Waals surface area contributed by atoms with Crippen LogP contribution in [0, 0.1) is 0 Å². The Morgan fingerprint density at radius 1 is 1.50 bits per heavy atom. The normalized spacial score (nSPS) is 16.4. The van der Waals surface area contributed by atoms with Crippen molar-refractivity contribution in [3.05, 3.63) is 0 Å². The lowest BCUT2D eigenvalue weighted by Gasteiger charge is -2.19. The van der Waals surface area contributed by atoms with Crippen LogP contribution in [0.2, 0.25) is 0 Å². The molecule has 0 aliphatic carbocycles. The van der Waals surface area contributed by atoms with E-state index >= 15 is 0 Å². The van der Waals surface area contributed by atoms with Crippen LogP contribution < -0.4 is 5.73 Å². The van der Waals surface area contributed by atoms with E-state index < -0.39 is 30.7 Å². The molecule has 0 bridgehead atoms. The van der Waals surface area contributed by atoms with Gasteiger partial charge in [0.15, 0.2) is 6.10 Å². The van der Waals surface area contributed by atoms with Gasteiger partial charge in [0, 0.05) is 7.11 Å². The summed E-state index contributed by atoms with van der Waals surface area (Å²) in [6.07, 6.45) is -7.15. The van der Waals surface area contributed by atoms with Crippen LogP contribution in [0.1, 0.15) is 12.8 Å². The van der Waals surface area contributed by atoms with Crippen molar-refractivity contribution >= 4 is 5.97 Å². The third-order valence-corrected chi connectivity index (χ3v) is 1.71. The molecule has 0 aromatic carbocycles. The maximum atomic E-state index is 12.1. The summed E-state index contributed by atoms with van der Waals surface area (Å²) >= 11 is 0. The van der Waals surface area contributed by atoms with Crippen LogP contribution in [0.3, 0.4) is 0 Å². The van der Waals surface area contributed by atoms with E-state index in [1.165, 1.54) is 0 Å². The number of methoxy groups -OCH3 is 1. The van der Waals surface area contributed by atoms with E-state index in [0.29, 0.717) is 0 Å². The molecule has 0 aliphatic heterocycles. The van der Waals surface area contributed by atoms with Gasteiger partial charge in [0.05, 0.1) is 0 Å². The van der Waals surface area contributed by atoms with Gasteiger partial charge in [0.1, 0.15) is 6.04 Å². The second-order valence-corrected chi connectivity index (χ2v) is 2.79. The molecular formula is C7H12F3NO3. The number of hydrogen-bond acceptors (Lipinski definition) is 3. The largest absolute Gasteiger partial charge is 0.480 e. The van der Waals surface area contributed by atoms with Gasteiger partial charge in [-0.05, 0) is 12.8 Å². The fraction of sp³-hybridized carbons (Fsp3) is 0.857. The van der Waals surface area contributed by atoms with Crippen LogP contribution in [0.4, 0.5) is 13.2 Å². The summed E-state index contributed by atoms with van der Waals surface area (Å²) in [5.41, 5.74) is 5.04. The molecule has 0 aliphatic rings. The maximum absolute atomic E-state index is 12.1. The Morgan fingerprint density at radius 3 is 2.29 bits per heavy atom. The molecule has 0 rings (SSSR count). The molecule has 0 aromatic rings. The van der Waals surface area contributed by atoms with Gasteiger partial charge < -0.3 is 15.6 Å². The van der Waals surface area contributed by atoms with Crippen molar-refractivity contribution in [2.45, 2.75) is 31.2 Å². The van der Waals surface area contributed by atoms with Crippen molar-refractivity contribution in [2.75, 3.05) is 7.11 Å². The monoisotopic (exact) mass is 215 g/mol. The van der Waals surface area contributed by atoms with Gasteiger partial charge in [-0.2, -0.15) is 13.2 Å². The molecule has 0 radical (unpaired) electrons. The number of carboxylic acid groups (broad SMARTS) is 1. The molecule has 0 spiro atoms. The Balaban J connectivity index is 4.03. The zero-order valence-corrected chi connectivity index (χ0v) is 7.54. The number of hydrogen-bond donors (Lipinski definition) is 2. The van der Waals surface area contributed by atoms with Crippen molar-refractivity contribution in [1.82, 2.24) is 0 Å². The zero-order valence-electron chi connectivity index (χ0n) is 7.54. The van der Waals surface area contributed by atoms with Crippen molar-refractivity contribution in [3.8, 4) is 0 Å². The minimum atomic E-state index is -4.48. The summed E-state index contributed by atoms with van der Waals surface area (Å²) in [4.78, 5) is 10.2. The average molecular weight is 215 g/mol. The Labute approximate surface area is 78.8 Å². The highest BCUT2D eigenvalue weighted by atomic mass is 19.4. The second-order valence-electron chi connectivity index (χ2n) is 2.79. The number of nitrogens with two attached hydrogens (primary N) is 1. The Morgan fingerprint density at radius 2 is 2.00 bits per heavy atom. The van der Waals surface area contributed by atoms with Crippen LogP contribution >= 0.6 is 0 Å². The van der Waals surface area contributed by atoms with Gasteiger partial charge in [-0.25, -0.2) is 0 Å². The molecule has 0 unspecified atom stereocenters. The number of rotatable bonds is 5. The fourth-order valence-corrected chi connectivity index (χ4v) is 0.870. The molecule has 7 heteroatoms. The van der Waals surface area contributed by atoms with Crippen LogP contribution in [0.15, 0.2) is 0 Å². The highest BCUT2D eigenvalue weighted by Crippen LogP contribution is 2.25. The molecule has 0 aromatic heterocycles. The van der Waals surface area contributed by atoms with Crippen LogP contribution in [0.25, 0.3) is 0 Å². The van der Waals surface area contributed by atoms with Crippen molar-refractivity contribution in [2.24, 2.45) is 5.73 Å². The summed E-state index contributed by atoms with van der Waals surface area (Å²) < 4.78 is 40.3. The van der Waals surface area contributed by atoms with Gasteiger partial charge in [-0.15, -0.1) is 0 Å². The molecule has 2 atom stereocenters. The van der Waals surface area contributed by atoms with E-state index in [9.17, 15) is 18.0 Å². The van der Waals surface area contributed by atoms with Crippen LogP contribution in [-0.2, 0) is 9.53 Å². The molecule has 0 heterocycles. The zero-order chi connectivity index (χ0) is 11.4. The van der Waals surface area contributed by atoms with Crippen molar-refractivity contribution in [1.29, 1.82) is 0 Å². The van der Waals surface area contributed by atoms with Crippen LogP contribution in [0.5, 0.6) is 0 Å². The molecule has 84 valence electrons. The van der Waals surface area contributed by atoms with Gasteiger partial charge >= 0.3 is 12.1 Å².